The number of piperazine rings is 1. The highest BCUT2D eigenvalue weighted by Gasteiger charge is 2.30. The van der Waals surface area contributed by atoms with E-state index in [1.807, 2.05) is 24.3 Å². The van der Waals surface area contributed by atoms with Gasteiger partial charge in [-0.1, -0.05) is 18.2 Å². The topological polar surface area (TPSA) is 91.8 Å². The highest BCUT2D eigenvalue weighted by atomic mass is 32.2. The third-order valence-electron chi connectivity index (χ3n) is 5.78. The third kappa shape index (κ3) is 3.93. The van der Waals surface area contributed by atoms with Crippen LogP contribution in [-0.4, -0.2) is 80.4 Å². The van der Waals surface area contributed by atoms with Crippen molar-refractivity contribution >= 4 is 32.4 Å². The third-order valence-corrected chi connectivity index (χ3v) is 7.71. The molecular weight excluding hydrogens is 416 g/mol. The maximum Gasteiger partial charge on any atom is 0.245 e. The van der Waals surface area contributed by atoms with Gasteiger partial charge in [-0.05, 0) is 12.1 Å². The van der Waals surface area contributed by atoms with E-state index < -0.39 is 10.0 Å². The van der Waals surface area contributed by atoms with Gasteiger partial charge in [0.1, 0.15) is 4.90 Å². The van der Waals surface area contributed by atoms with Crippen LogP contribution in [-0.2, 0) is 14.8 Å². The van der Waals surface area contributed by atoms with Crippen molar-refractivity contribution in [3.8, 4) is 0 Å². The molecule has 2 fully saturated rings. The number of rotatable bonds is 4. The first kappa shape index (κ1) is 20.1. The molecule has 31 heavy (non-hydrogen) atoms. The molecule has 0 saturated carbocycles. The highest BCUT2D eigenvalue weighted by Crippen LogP contribution is 2.26. The molecule has 10 heteroatoms. The average Bonchev–Trinajstić information content (AvgIpc) is 2.84. The minimum Gasteiger partial charge on any atom is -0.378 e. The molecule has 5 rings (SSSR count). The van der Waals surface area contributed by atoms with Crippen molar-refractivity contribution in [2.45, 2.75) is 4.90 Å². The fourth-order valence-electron chi connectivity index (χ4n) is 4.08. The van der Waals surface area contributed by atoms with Gasteiger partial charge in [0, 0.05) is 56.9 Å². The first-order valence-electron chi connectivity index (χ1n) is 10.4. The zero-order chi connectivity index (χ0) is 21.3. The van der Waals surface area contributed by atoms with E-state index in [0.29, 0.717) is 44.9 Å². The molecular formula is C21H24N6O3S. The monoisotopic (exact) mass is 440 g/mol. The van der Waals surface area contributed by atoms with Gasteiger partial charge in [-0.15, -0.1) is 5.10 Å². The second-order valence-corrected chi connectivity index (χ2v) is 9.50. The molecule has 0 unspecified atom stereocenters. The van der Waals surface area contributed by atoms with Crippen molar-refractivity contribution in [1.82, 2.24) is 19.5 Å². The molecule has 0 atom stereocenters. The van der Waals surface area contributed by atoms with Crippen molar-refractivity contribution in [1.29, 1.82) is 0 Å². The Labute approximate surface area is 181 Å². The molecule has 0 spiro atoms. The number of aromatic nitrogens is 3. The SMILES string of the molecule is O=S(=O)(c1cccc2cccnc12)N1CCN(c2cc(N3CCOCC3)cnn2)CC1. The van der Waals surface area contributed by atoms with Gasteiger partial charge < -0.3 is 14.5 Å². The number of anilines is 2. The predicted octanol–water partition coefficient (Wildman–Crippen LogP) is 1.37. The predicted molar refractivity (Wildman–Crippen MR) is 118 cm³/mol. The molecule has 1 aromatic carbocycles. The summed E-state index contributed by atoms with van der Waals surface area (Å²) in [4.78, 5) is 8.89. The minimum absolute atomic E-state index is 0.258. The molecule has 9 nitrogen and oxygen atoms in total. The van der Waals surface area contributed by atoms with Crippen LogP contribution in [0.2, 0.25) is 0 Å². The van der Waals surface area contributed by atoms with E-state index in [4.69, 9.17) is 4.74 Å². The summed E-state index contributed by atoms with van der Waals surface area (Å²) in [6, 6.07) is 11.0. The zero-order valence-corrected chi connectivity index (χ0v) is 17.9. The lowest BCUT2D eigenvalue weighted by atomic mass is 10.2. The Hall–Kier alpha value is -2.82. The van der Waals surface area contributed by atoms with Crippen LogP contribution in [0.1, 0.15) is 0 Å². The maximum atomic E-state index is 13.3. The van der Waals surface area contributed by atoms with Crippen LogP contribution in [0, 0.1) is 0 Å². The van der Waals surface area contributed by atoms with E-state index in [9.17, 15) is 8.42 Å². The average molecular weight is 441 g/mol. The summed E-state index contributed by atoms with van der Waals surface area (Å²) in [7, 11) is -3.63. The maximum absolute atomic E-state index is 13.3. The summed E-state index contributed by atoms with van der Waals surface area (Å²) < 4.78 is 33.6. The number of ether oxygens (including phenoxy) is 1. The second-order valence-electron chi connectivity index (χ2n) is 7.59. The summed E-state index contributed by atoms with van der Waals surface area (Å²) in [6.45, 7) is 4.95. The summed E-state index contributed by atoms with van der Waals surface area (Å²) >= 11 is 0. The van der Waals surface area contributed by atoms with E-state index in [0.717, 1.165) is 30.0 Å². The Morgan fingerprint density at radius 1 is 0.903 bits per heavy atom. The largest absolute Gasteiger partial charge is 0.378 e. The summed E-state index contributed by atoms with van der Waals surface area (Å²) in [5, 5.41) is 9.27. The van der Waals surface area contributed by atoms with E-state index in [1.165, 1.54) is 4.31 Å². The summed E-state index contributed by atoms with van der Waals surface area (Å²) in [5.41, 5.74) is 1.53. The Balaban J connectivity index is 1.32. The standard InChI is InChI=1S/C21H24N6O3S/c28-31(29,19-5-1-3-17-4-2-6-22-21(17)19)27-9-7-26(8-10-27)20-15-18(16-23-24-20)25-11-13-30-14-12-25/h1-6,15-16H,7-14H2. The van der Waals surface area contributed by atoms with Crippen molar-refractivity contribution in [3.05, 3.63) is 48.8 Å². The fraction of sp³-hybridized carbons (Fsp3) is 0.381. The Bertz CT molecular complexity index is 1170. The highest BCUT2D eigenvalue weighted by molar-refractivity contribution is 7.89. The molecule has 4 heterocycles. The van der Waals surface area contributed by atoms with Crippen LogP contribution in [0.4, 0.5) is 11.5 Å². The zero-order valence-electron chi connectivity index (χ0n) is 17.1. The lowest BCUT2D eigenvalue weighted by molar-refractivity contribution is 0.122. The lowest BCUT2D eigenvalue weighted by Crippen LogP contribution is -2.49. The summed E-state index contributed by atoms with van der Waals surface area (Å²) in [6.07, 6.45) is 3.39. The molecule has 2 aromatic heterocycles. The van der Waals surface area contributed by atoms with Gasteiger partial charge in [0.2, 0.25) is 10.0 Å². The van der Waals surface area contributed by atoms with Crippen molar-refractivity contribution in [2.24, 2.45) is 0 Å². The van der Waals surface area contributed by atoms with Gasteiger partial charge >= 0.3 is 0 Å². The lowest BCUT2D eigenvalue weighted by Gasteiger charge is -2.35. The van der Waals surface area contributed by atoms with Gasteiger partial charge in [-0.2, -0.15) is 9.40 Å². The number of fused-ring (bicyclic) bond motifs is 1. The molecule has 0 bridgehead atoms. The second kappa shape index (κ2) is 8.37. The number of pyridine rings is 1. The van der Waals surface area contributed by atoms with Gasteiger partial charge in [0.15, 0.2) is 5.82 Å². The van der Waals surface area contributed by atoms with Crippen molar-refractivity contribution in [2.75, 3.05) is 62.3 Å². The molecule has 0 N–H and O–H groups in total. The number of hydrogen-bond acceptors (Lipinski definition) is 8. The molecule has 0 radical (unpaired) electrons. The van der Waals surface area contributed by atoms with E-state index in [-0.39, 0.29) is 4.90 Å². The molecule has 3 aromatic rings. The smallest absolute Gasteiger partial charge is 0.245 e. The normalized spacial score (nSPS) is 18.5. The van der Waals surface area contributed by atoms with E-state index >= 15 is 0 Å². The first-order chi connectivity index (χ1) is 15.1. The minimum atomic E-state index is -3.63. The van der Waals surface area contributed by atoms with Crippen LogP contribution in [0.3, 0.4) is 0 Å². The molecule has 2 aliphatic heterocycles. The van der Waals surface area contributed by atoms with Crippen molar-refractivity contribution < 1.29 is 13.2 Å². The van der Waals surface area contributed by atoms with Gasteiger partial charge in [0.05, 0.1) is 30.6 Å². The Morgan fingerprint density at radius 3 is 2.48 bits per heavy atom. The number of hydrogen-bond donors (Lipinski definition) is 0. The molecule has 162 valence electrons. The van der Waals surface area contributed by atoms with Gasteiger partial charge in [-0.3, -0.25) is 4.98 Å². The summed E-state index contributed by atoms with van der Waals surface area (Å²) in [5.74, 6) is 0.771. The fourth-order valence-corrected chi connectivity index (χ4v) is 5.66. The quantitative estimate of drug-likeness (QED) is 0.601. The molecule has 2 aliphatic rings. The van der Waals surface area contributed by atoms with E-state index in [2.05, 4.69) is 25.0 Å². The van der Waals surface area contributed by atoms with E-state index in [1.54, 1.807) is 24.5 Å². The first-order valence-corrected chi connectivity index (χ1v) is 11.8. The van der Waals surface area contributed by atoms with Crippen LogP contribution in [0.15, 0.2) is 53.7 Å². The van der Waals surface area contributed by atoms with Crippen LogP contribution in [0.5, 0.6) is 0 Å². The number of para-hydroxylation sites is 1. The number of nitrogens with zero attached hydrogens (tertiary/aromatic N) is 6. The van der Waals surface area contributed by atoms with Crippen LogP contribution in [0.25, 0.3) is 10.9 Å². The van der Waals surface area contributed by atoms with Crippen molar-refractivity contribution in [3.63, 3.8) is 0 Å². The Kier molecular flexibility index (Phi) is 5.43. The van der Waals surface area contributed by atoms with Crippen LogP contribution >= 0.6 is 0 Å². The number of morpholine rings is 1. The molecule has 0 amide bonds. The number of benzene rings is 1. The van der Waals surface area contributed by atoms with Gasteiger partial charge in [-0.25, -0.2) is 8.42 Å². The van der Waals surface area contributed by atoms with Gasteiger partial charge in [0.25, 0.3) is 0 Å². The molecule has 2 saturated heterocycles. The van der Waals surface area contributed by atoms with Crippen LogP contribution < -0.4 is 9.80 Å². The Morgan fingerprint density at radius 2 is 1.68 bits per heavy atom. The molecule has 0 aliphatic carbocycles. The number of sulfonamides is 1.